The lowest BCUT2D eigenvalue weighted by Gasteiger charge is -2.26. The second-order valence-electron chi connectivity index (χ2n) is 6.13. The van der Waals surface area contributed by atoms with Crippen LogP contribution in [-0.4, -0.2) is 25.5 Å². The summed E-state index contributed by atoms with van der Waals surface area (Å²) in [6, 6.07) is 15.2. The summed E-state index contributed by atoms with van der Waals surface area (Å²) in [5, 5.41) is 6.19. The number of fused-ring (bicyclic) bond motifs is 1. The molecule has 25 heavy (non-hydrogen) atoms. The Kier molecular flexibility index (Phi) is 5.33. The van der Waals surface area contributed by atoms with Gasteiger partial charge in [-0.25, -0.2) is 4.79 Å². The van der Waals surface area contributed by atoms with Crippen molar-refractivity contribution in [1.82, 2.24) is 5.32 Å². The molecule has 0 radical (unpaired) electrons. The summed E-state index contributed by atoms with van der Waals surface area (Å²) in [6.45, 7) is 0.191. The normalized spacial score (nSPS) is 15.8. The summed E-state index contributed by atoms with van der Waals surface area (Å²) >= 11 is 0. The fourth-order valence-corrected chi connectivity index (χ4v) is 3.17. The van der Waals surface area contributed by atoms with E-state index in [4.69, 9.17) is 0 Å². The van der Waals surface area contributed by atoms with Gasteiger partial charge >= 0.3 is 5.97 Å². The number of carbonyl (C=O) groups excluding carboxylic acids is 2. The minimum atomic E-state index is -0.375. The first kappa shape index (κ1) is 17.0. The Hall–Kier alpha value is -2.82. The van der Waals surface area contributed by atoms with E-state index in [-0.39, 0.29) is 24.5 Å². The lowest BCUT2D eigenvalue weighted by molar-refractivity contribution is -0.120. The smallest absolute Gasteiger partial charge is 0.337 e. The van der Waals surface area contributed by atoms with Gasteiger partial charge in [0.05, 0.1) is 25.3 Å². The summed E-state index contributed by atoms with van der Waals surface area (Å²) in [5.41, 5.74) is 3.82. The summed E-state index contributed by atoms with van der Waals surface area (Å²) in [7, 11) is 1.35. The van der Waals surface area contributed by atoms with Crippen LogP contribution in [0.3, 0.4) is 0 Å². The first-order chi connectivity index (χ1) is 12.2. The molecule has 1 unspecified atom stereocenters. The summed E-state index contributed by atoms with van der Waals surface area (Å²) in [6.07, 6.45) is 3.13. The predicted molar refractivity (Wildman–Crippen MR) is 96.5 cm³/mol. The van der Waals surface area contributed by atoms with Crippen LogP contribution in [0.2, 0.25) is 0 Å². The van der Waals surface area contributed by atoms with Crippen molar-refractivity contribution in [3.8, 4) is 0 Å². The van der Waals surface area contributed by atoms with Crippen molar-refractivity contribution in [2.24, 2.45) is 0 Å². The number of esters is 1. The number of hydrogen-bond donors (Lipinski definition) is 2. The Morgan fingerprint density at radius 1 is 1.12 bits per heavy atom. The monoisotopic (exact) mass is 338 g/mol. The molecule has 0 fully saturated rings. The average Bonchev–Trinajstić information content (AvgIpc) is 2.66. The molecule has 3 rings (SSSR count). The molecule has 1 amide bonds. The van der Waals surface area contributed by atoms with E-state index in [9.17, 15) is 9.59 Å². The van der Waals surface area contributed by atoms with Crippen molar-refractivity contribution >= 4 is 17.6 Å². The fraction of sp³-hybridized carbons (Fsp3) is 0.300. The molecule has 0 spiro atoms. The van der Waals surface area contributed by atoms with Gasteiger partial charge in [-0.1, -0.05) is 24.3 Å². The largest absolute Gasteiger partial charge is 0.465 e. The Balaban J connectivity index is 1.54. The Morgan fingerprint density at radius 2 is 1.88 bits per heavy atom. The molecule has 130 valence electrons. The Morgan fingerprint density at radius 3 is 2.64 bits per heavy atom. The summed E-state index contributed by atoms with van der Waals surface area (Å²) in [4.78, 5) is 23.7. The minimum Gasteiger partial charge on any atom is -0.465 e. The summed E-state index contributed by atoms with van der Waals surface area (Å²) < 4.78 is 4.66. The maximum absolute atomic E-state index is 12.3. The number of benzene rings is 2. The van der Waals surface area contributed by atoms with Crippen LogP contribution in [0.4, 0.5) is 5.69 Å². The molecule has 2 aromatic rings. The molecular formula is C20H22N2O3. The highest BCUT2D eigenvalue weighted by Crippen LogP contribution is 2.29. The quantitative estimate of drug-likeness (QED) is 0.822. The number of amides is 1. The van der Waals surface area contributed by atoms with Gasteiger partial charge < -0.3 is 15.4 Å². The molecule has 1 aliphatic rings. The third kappa shape index (κ3) is 4.18. The van der Waals surface area contributed by atoms with E-state index in [1.54, 1.807) is 24.3 Å². The van der Waals surface area contributed by atoms with Gasteiger partial charge in [-0.3, -0.25) is 4.79 Å². The third-order valence-electron chi connectivity index (χ3n) is 4.46. The van der Waals surface area contributed by atoms with Crippen LogP contribution in [0.15, 0.2) is 48.5 Å². The van der Waals surface area contributed by atoms with Gasteiger partial charge in [-0.2, -0.15) is 0 Å². The van der Waals surface area contributed by atoms with Crippen LogP contribution in [0.25, 0.3) is 0 Å². The maximum Gasteiger partial charge on any atom is 0.337 e. The van der Waals surface area contributed by atoms with Crippen LogP contribution in [0.5, 0.6) is 0 Å². The van der Waals surface area contributed by atoms with E-state index >= 15 is 0 Å². The van der Waals surface area contributed by atoms with Crippen molar-refractivity contribution < 1.29 is 14.3 Å². The zero-order valence-corrected chi connectivity index (χ0v) is 14.2. The molecule has 0 bridgehead atoms. The van der Waals surface area contributed by atoms with Gasteiger partial charge in [-0.15, -0.1) is 0 Å². The predicted octanol–water partition coefficient (Wildman–Crippen LogP) is 3.08. The summed E-state index contributed by atoms with van der Waals surface area (Å²) in [5.74, 6) is -0.418. The number of carbonyl (C=O) groups is 2. The van der Waals surface area contributed by atoms with Crippen molar-refractivity contribution in [1.29, 1.82) is 0 Å². The van der Waals surface area contributed by atoms with E-state index in [1.807, 2.05) is 12.1 Å². The van der Waals surface area contributed by atoms with Gasteiger partial charge in [0.1, 0.15) is 0 Å². The van der Waals surface area contributed by atoms with E-state index in [2.05, 4.69) is 27.5 Å². The highest BCUT2D eigenvalue weighted by atomic mass is 16.5. The van der Waals surface area contributed by atoms with Crippen molar-refractivity contribution in [2.45, 2.75) is 25.3 Å². The molecule has 0 heterocycles. The number of ether oxygens (including phenoxy) is 1. The Bertz CT molecular complexity index is 756. The molecule has 2 N–H and O–H groups in total. The fourth-order valence-electron chi connectivity index (χ4n) is 3.17. The van der Waals surface area contributed by atoms with Gasteiger partial charge in [0.2, 0.25) is 5.91 Å². The van der Waals surface area contributed by atoms with Crippen LogP contribution in [0, 0.1) is 0 Å². The molecule has 1 atom stereocenters. The standard InChI is InChI=1S/C20H22N2O3/c1-25-20(24)15-9-11-16(12-10-15)21-13-19(23)22-18-8-4-6-14-5-2-3-7-17(14)18/h2-3,5,7,9-12,18,21H,4,6,8,13H2,1H3,(H,22,23). The minimum absolute atomic E-state index is 0.0428. The lowest BCUT2D eigenvalue weighted by Crippen LogP contribution is -2.35. The van der Waals surface area contributed by atoms with Crippen LogP contribution in [-0.2, 0) is 16.0 Å². The molecule has 0 aliphatic heterocycles. The van der Waals surface area contributed by atoms with Crippen molar-refractivity contribution in [2.75, 3.05) is 19.0 Å². The van der Waals surface area contributed by atoms with E-state index in [1.165, 1.54) is 18.2 Å². The Labute approximate surface area is 147 Å². The zero-order chi connectivity index (χ0) is 17.6. The molecule has 0 saturated heterocycles. The van der Waals surface area contributed by atoms with Gasteiger partial charge in [0.25, 0.3) is 0 Å². The number of hydrogen-bond acceptors (Lipinski definition) is 4. The van der Waals surface area contributed by atoms with Crippen molar-refractivity contribution in [3.05, 3.63) is 65.2 Å². The maximum atomic E-state index is 12.3. The van der Waals surface area contributed by atoms with Crippen LogP contribution < -0.4 is 10.6 Å². The number of anilines is 1. The highest BCUT2D eigenvalue weighted by Gasteiger charge is 2.21. The zero-order valence-electron chi connectivity index (χ0n) is 14.2. The molecule has 5 nitrogen and oxygen atoms in total. The second kappa shape index (κ2) is 7.83. The molecule has 5 heteroatoms. The van der Waals surface area contributed by atoms with Crippen LogP contribution >= 0.6 is 0 Å². The van der Waals surface area contributed by atoms with Crippen molar-refractivity contribution in [3.63, 3.8) is 0 Å². The topological polar surface area (TPSA) is 67.4 Å². The van der Waals surface area contributed by atoms with Gasteiger partial charge in [0, 0.05) is 5.69 Å². The van der Waals surface area contributed by atoms with Gasteiger partial charge in [0.15, 0.2) is 0 Å². The number of aryl methyl sites for hydroxylation is 1. The third-order valence-corrected chi connectivity index (χ3v) is 4.46. The first-order valence-corrected chi connectivity index (χ1v) is 8.47. The number of nitrogens with one attached hydrogen (secondary N) is 2. The lowest BCUT2D eigenvalue weighted by atomic mass is 9.88. The molecule has 0 saturated carbocycles. The molecular weight excluding hydrogens is 316 g/mol. The first-order valence-electron chi connectivity index (χ1n) is 8.47. The molecule has 2 aromatic carbocycles. The van der Waals surface area contributed by atoms with E-state index in [0.29, 0.717) is 5.56 Å². The second-order valence-corrected chi connectivity index (χ2v) is 6.13. The highest BCUT2D eigenvalue weighted by molar-refractivity contribution is 5.89. The van der Waals surface area contributed by atoms with E-state index < -0.39 is 0 Å². The van der Waals surface area contributed by atoms with Gasteiger partial charge in [-0.05, 0) is 54.7 Å². The van der Waals surface area contributed by atoms with Crippen LogP contribution in [0.1, 0.15) is 40.4 Å². The number of rotatable bonds is 5. The SMILES string of the molecule is COC(=O)c1ccc(NCC(=O)NC2CCCc3ccccc32)cc1. The molecule has 0 aromatic heterocycles. The average molecular weight is 338 g/mol. The molecule has 1 aliphatic carbocycles. The number of methoxy groups -OCH3 is 1. The van der Waals surface area contributed by atoms with E-state index in [0.717, 1.165) is 24.9 Å².